The van der Waals surface area contributed by atoms with Gasteiger partial charge in [-0.3, -0.25) is 25.2 Å². The van der Waals surface area contributed by atoms with Gasteiger partial charge in [0.05, 0.1) is 5.92 Å². The molecular weight excluding hydrogens is 354 g/mol. The molecule has 6 heteroatoms. The van der Waals surface area contributed by atoms with Crippen molar-refractivity contribution in [2.45, 2.75) is 33.6 Å². The van der Waals surface area contributed by atoms with Crippen LogP contribution in [0.5, 0.6) is 0 Å². The predicted molar refractivity (Wildman–Crippen MR) is 108 cm³/mol. The third kappa shape index (κ3) is 4.22. The topological polar surface area (TPSA) is 78.5 Å². The Hall–Kier alpha value is -3.15. The van der Waals surface area contributed by atoms with Gasteiger partial charge in [0.1, 0.15) is 0 Å². The van der Waals surface area contributed by atoms with Crippen LogP contribution in [0, 0.1) is 19.8 Å². The summed E-state index contributed by atoms with van der Waals surface area (Å²) in [7, 11) is 0. The molecule has 3 amide bonds. The minimum atomic E-state index is -0.502. The van der Waals surface area contributed by atoms with Gasteiger partial charge in [-0.15, -0.1) is 0 Å². The number of aryl methyl sites for hydroxylation is 3. The summed E-state index contributed by atoms with van der Waals surface area (Å²) in [5.41, 5.74) is 9.30. The predicted octanol–water partition coefficient (Wildman–Crippen LogP) is 2.68. The molecular formula is C22H25N3O3. The molecule has 1 atom stereocenters. The summed E-state index contributed by atoms with van der Waals surface area (Å²) in [4.78, 5) is 38.7. The van der Waals surface area contributed by atoms with E-state index in [2.05, 4.69) is 17.8 Å². The maximum atomic E-state index is 12.4. The van der Waals surface area contributed by atoms with E-state index in [9.17, 15) is 14.4 Å². The number of hydrogen-bond acceptors (Lipinski definition) is 3. The Labute approximate surface area is 164 Å². The van der Waals surface area contributed by atoms with Gasteiger partial charge < -0.3 is 4.90 Å². The standard InChI is InChI=1S/C22H25N3O3/c1-4-16-6-8-18(9-7-16)25-13-17(12-20(25)26)21(27)23-24-22(28)19-10-5-14(2)11-15(19)3/h5-11,17H,4,12-13H2,1-3H3,(H,23,27)(H,24,28)/t17-/m1/s1. The lowest BCUT2D eigenvalue weighted by molar-refractivity contribution is -0.126. The van der Waals surface area contributed by atoms with Crippen molar-refractivity contribution in [2.24, 2.45) is 5.92 Å². The zero-order chi connectivity index (χ0) is 20.3. The van der Waals surface area contributed by atoms with Crippen molar-refractivity contribution in [1.82, 2.24) is 10.9 Å². The van der Waals surface area contributed by atoms with E-state index in [1.54, 1.807) is 11.0 Å². The number of benzene rings is 2. The van der Waals surface area contributed by atoms with E-state index < -0.39 is 5.92 Å². The lowest BCUT2D eigenvalue weighted by Gasteiger charge is -2.17. The fraction of sp³-hybridized carbons (Fsp3) is 0.318. The lowest BCUT2D eigenvalue weighted by Crippen LogP contribution is -2.45. The third-order valence-electron chi connectivity index (χ3n) is 5.08. The molecule has 6 nitrogen and oxygen atoms in total. The van der Waals surface area contributed by atoms with Crippen LogP contribution in [0.3, 0.4) is 0 Å². The summed E-state index contributed by atoms with van der Waals surface area (Å²) in [5.74, 6) is -1.33. The van der Waals surface area contributed by atoms with Gasteiger partial charge in [0.2, 0.25) is 11.8 Å². The highest BCUT2D eigenvalue weighted by Crippen LogP contribution is 2.25. The van der Waals surface area contributed by atoms with Gasteiger partial charge in [0.15, 0.2) is 0 Å². The molecule has 1 fully saturated rings. The molecule has 1 aliphatic heterocycles. The molecule has 0 saturated carbocycles. The highest BCUT2D eigenvalue weighted by molar-refractivity contribution is 6.01. The molecule has 0 spiro atoms. The molecule has 2 aromatic carbocycles. The van der Waals surface area contributed by atoms with Gasteiger partial charge in [-0.25, -0.2) is 0 Å². The normalized spacial score (nSPS) is 16.2. The molecule has 0 unspecified atom stereocenters. The molecule has 1 saturated heterocycles. The molecule has 2 aromatic rings. The van der Waals surface area contributed by atoms with Crippen molar-refractivity contribution >= 4 is 23.4 Å². The van der Waals surface area contributed by atoms with Crippen molar-refractivity contribution in [3.63, 3.8) is 0 Å². The van der Waals surface area contributed by atoms with Crippen LogP contribution in [-0.2, 0) is 16.0 Å². The Balaban J connectivity index is 1.59. The molecule has 1 aliphatic rings. The quantitative estimate of drug-likeness (QED) is 0.802. The molecule has 0 bridgehead atoms. The van der Waals surface area contributed by atoms with Gasteiger partial charge in [-0.05, 0) is 49.6 Å². The monoisotopic (exact) mass is 379 g/mol. The number of hydrazine groups is 1. The van der Waals surface area contributed by atoms with E-state index >= 15 is 0 Å². The Kier molecular flexibility index (Phi) is 5.78. The summed E-state index contributed by atoms with van der Waals surface area (Å²) < 4.78 is 0. The second-order valence-corrected chi connectivity index (χ2v) is 7.19. The van der Waals surface area contributed by atoms with Crippen LogP contribution in [0.15, 0.2) is 42.5 Å². The molecule has 0 aliphatic carbocycles. The first-order valence-corrected chi connectivity index (χ1v) is 9.45. The molecule has 146 valence electrons. The Morgan fingerprint density at radius 3 is 2.43 bits per heavy atom. The first-order valence-electron chi connectivity index (χ1n) is 9.45. The molecule has 2 N–H and O–H groups in total. The summed E-state index contributed by atoms with van der Waals surface area (Å²) in [6.07, 6.45) is 1.06. The van der Waals surface area contributed by atoms with Crippen molar-refractivity contribution in [3.8, 4) is 0 Å². The van der Waals surface area contributed by atoms with Crippen LogP contribution in [-0.4, -0.2) is 24.3 Å². The maximum Gasteiger partial charge on any atom is 0.269 e. The average molecular weight is 379 g/mol. The van der Waals surface area contributed by atoms with Crippen LogP contribution in [0.1, 0.15) is 40.4 Å². The van der Waals surface area contributed by atoms with Crippen LogP contribution >= 0.6 is 0 Å². The molecule has 1 heterocycles. The van der Waals surface area contributed by atoms with E-state index in [0.29, 0.717) is 12.1 Å². The fourth-order valence-electron chi connectivity index (χ4n) is 3.40. The number of hydrogen-bond donors (Lipinski definition) is 2. The van der Waals surface area contributed by atoms with Gasteiger partial charge in [-0.2, -0.15) is 0 Å². The van der Waals surface area contributed by atoms with E-state index in [0.717, 1.165) is 23.2 Å². The first kappa shape index (κ1) is 19.6. The number of nitrogens with zero attached hydrogens (tertiary/aromatic N) is 1. The average Bonchev–Trinajstić information content (AvgIpc) is 3.07. The van der Waals surface area contributed by atoms with Crippen molar-refractivity contribution in [3.05, 3.63) is 64.7 Å². The minimum Gasteiger partial charge on any atom is -0.312 e. The van der Waals surface area contributed by atoms with Crippen LogP contribution in [0.2, 0.25) is 0 Å². The van der Waals surface area contributed by atoms with E-state index in [1.165, 1.54) is 5.56 Å². The second kappa shape index (κ2) is 8.25. The van der Waals surface area contributed by atoms with Crippen molar-refractivity contribution in [1.29, 1.82) is 0 Å². The summed E-state index contributed by atoms with van der Waals surface area (Å²) in [6, 6.07) is 13.3. The Bertz CT molecular complexity index is 906. The summed E-state index contributed by atoms with van der Waals surface area (Å²) >= 11 is 0. The summed E-state index contributed by atoms with van der Waals surface area (Å²) in [5, 5.41) is 0. The third-order valence-corrected chi connectivity index (χ3v) is 5.08. The van der Waals surface area contributed by atoms with E-state index in [1.807, 2.05) is 50.2 Å². The largest absolute Gasteiger partial charge is 0.312 e. The van der Waals surface area contributed by atoms with Gasteiger partial charge >= 0.3 is 0 Å². The van der Waals surface area contributed by atoms with Crippen molar-refractivity contribution < 1.29 is 14.4 Å². The zero-order valence-corrected chi connectivity index (χ0v) is 16.4. The smallest absolute Gasteiger partial charge is 0.269 e. The van der Waals surface area contributed by atoms with Crippen LogP contribution in [0.4, 0.5) is 5.69 Å². The highest BCUT2D eigenvalue weighted by Gasteiger charge is 2.35. The molecule has 28 heavy (non-hydrogen) atoms. The Morgan fingerprint density at radius 1 is 1.07 bits per heavy atom. The Morgan fingerprint density at radius 2 is 1.79 bits per heavy atom. The van der Waals surface area contributed by atoms with Gasteiger partial charge in [-0.1, -0.05) is 36.8 Å². The van der Waals surface area contributed by atoms with Crippen LogP contribution < -0.4 is 15.8 Å². The molecule has 0 radical (unpaired) electrons. The van der Waals surface area contributed by atoms with E-state index in [-0.39, 0.29) is 24.1 Å². The molecule has 3 rings (SSSR count). The number of anilines is 1. The first-order chi connectivity index (χ1) is 13.4. The number of nitrogens with one attached hydrogen (secondary N) is 2. The van der Waals surface area contributed by atoms with Gasteiger partial charge in [0, 0.05) is 24.2 Å². The number of rotatable bonds is 4. The van der Waals surface area contributed by atoms with Crippen molar-refractivity contribution in [2.75, 3.05) is 11.4 Å². The van der Waals surface area contributed by atoms with E-state index in [4.69, 9.17) is 0 Å². The maximum absolute atomic E-state index is 12.4. The highest BCUT2D eigenvalue weighted by atomic mass is 16.2. The number of amides is 3. The lowest BCUT2D eigenvalue weighted by atomic mass is 10.1. The minimum absolute atomic E-state index is 0.0925. The number of carbonyl (C=O) groups is 3. The second-order valence-electron chi connectivity index (χ2n) is 7.19. The zero-order valence-electron chi connectivity index (χ0n) is 16.4. The SMILES string of the molecule is CCc1ccc(N2C[C@H](C(=O)NNC(=O)c3ccc(C)cc3C)CC2=O)cc1. The van der Waals surface area contributed by atoms with Gasteiger partial charge in [0.25, 0.3) is 5.91 Å². The molecule has 0 aromatic heterocycles. The summed E-state index contributed by atoms with van der Waals surface area (Å²) in [6.45, 7) is 6.18. The van der Waals surface area contributed by atoms with Crippen LogP contribution in [0.25, 0.3) is 0 Å². The fourth-order valence-corrected chi connectivity index (χ4v) is 3.40. The number of carbonyl (C=O) groups excluding carboxylic acids is 3.